The number of hydrogen-bond donors (Lipinski definition) is 2. The second kappa shape index (κ2) is 15.6. The Balaban J connectivity index is 1.06. The molecule has 2 N–H and O–H groups in total. The Morgan fingerprint density at radius 3 is 2.52 bits per heavy atom. The van der Waals surface area contributed by atoms with Crippen LogP contribution >= 0.6 is 11.6 Å². The number of piperidine rings is 2. The quantitative estimate of drug-likeness (QED) is 0.127. The highest BCUT2D eigenvalue weighted by atomic mass is 35.5. The lowest BCUT2D eigenvalue weighted by atomic mass is 9.67. The van der Waals surface area contributed by atoms with Crippen molar-refractivity contribution in [2.45, 2.75) is 70.7 Å². The minimum atomic E-state index is -2.88. The summed E-state index contributed by atoms with van der Waals surface area (Å²) in [7, 11) is 3.07. The number of fused-ring (bicyclic) bond motifs is 4. The summed E-state index contributed by atoms with van der Waals surface area (Å²) in [5, 5.41) is 13.7. The number of halogens is 3. The van der Waals surface area contributed by atoms with Crippen molar-refractivity contribution >= 4 is 40.1 Å². The number of ether oxygens (including phenoxy) is 2. The van der Waals surface area contributed by atoms with Gasteiger partial charge in [-0.25, -0.2) is 23.7 Å². The first-order valence-corrected chi connectivity index (χ1v) is 19.3. The number of aliphatic hydroxyl groups excluding tert-OH is 1. The van der Waals surface area contributed by atoms with Crippen molar-refractivity contribution in [3.05, 3.63) is 88.3 Å². The van der Waals surface area contributed by atoms with Crippen LogP contribution in [0.4, 0.5) is 20.3 Å². The second-order valence-corrected chi connectivity index (χ2v) is 15.5. The summed E-state index contributed by atoms with van der Waals surface area (Å²) in [5.74, 6) is -0.0570. The number of aromatic nitrogens is 4. The third-order valence-corrected chi connectivity index (χ3v) is 12.1. The van der Waals surface area contributed by atoms with E-state index in [2.05, 4.69) is 30.1 Å². The lowest BCUT2D eigenvalue weighted by Gasteiger charge is -2.51. The molecule has 4 aliphatic rings. The van der Waals surface area contributed by atoms with Crippen LogP contribution in [-0.4, -0.2) is 86.8 Å². The minimum Gasteiger partial charge on any atom is -0.481 e. The highest BCUT2D eigenvalue weighted by Crippen LogP contribution is 2.46. The number of aliphatic hydroxyl groups is 1. The highest BCUT2D eigenvalue weighted by Gasteiger charge is 2.50. The fraction of sp³-hybridized carbons (Fsp3) is 0.405. The van der Waals surface area contributed by atoms with E-state index in [1.807, 2.05) is 55.5 Å². The van der Waals surface area contributed by atoms with Crippen molar-refractivity contribution in [3.8, 4) is 28.3 Å². The number of methoxy groups -OCH3 is 2. The molecule has 0 spiro atoms. The van der Waals surface area contributed by atoms with Gasteiger partial charge < -0.3 is 19.9 Å². The van der Waals surface area contributed by atoms with E-state index in [1.54, 1.807) is 19.4 Å². The zero-order chi connectivity index (χ0) is 39.1. The number of alkyl halides is 2. The SMILES string of the molecule is COC(=O)C12CCC(CC1)N(Cc1ccc(-c3cccc(-c4cccc(Nc5nc(C(F)F)nc6cc(CN7CC[C@@H](O)C7)cnc56)c4C)c3Cl)nc1OC)C2. The van der Waals surface area contributed by atoms with Gasteiger partial charge in [0.1, 0.15) is 5.52 Å². The number of likely N-dealkylation sites (tertiary alicyclic amines) is 1. The third kappa shape index (κ3) is 7.29. The Bertz CT molecular complexity index is 2290. The third-order valence-electron chi connectivity index (χ3n) is 11.7. The molecule has 1 saturated carbocycles. The van der Waals surface area contributed by atoms with Crippen LogP contribution in [0, 0.1) is 12.3 Å². The zero-order valence-electron chi connectivity index (χ0n) is 31.6. The highest BCUT2D eigenvalue weighted by molar-refractivity contribution is 6.36. The van der Waals surface area contributed by atoms with Gasteiger partial charge in [0.05, 0.1) is 42.0 Å². The van der Waals surface area contributed by atoms with Crippen LogP contribution in [0.5, 0.6) is 5.88 Å². The van der Waals surface area contributed by atoms with Crippen LogP contribution in [0.2, 0.25) is 5.02 Å². The molecule has 14 heteroatoms. The summed E-state index contributed by atoms with van der Waals surface area (Å²) in [4.78, 5) is 35.1. The zero-order valence-corrected chi connectivity index (χ0v) is 32.3. The summed E-state index contributed by atoms with van der Waals surface area (Å²) in [5.41, 5.74) is 6.39. The number of nitrogens with zero attached hydrogens (tertiary/aromatic N) is 6. The molecule has 6 heterocycles. The summed E-state index contributed by atoms with van der Waals surface area (Å²) in [6.45, 7) is 5.02. The number of β-amino-alcohol motifs (C(OH)–C–C–N with tert-alkyl or cyclic N) is 1. The first-order chi connectivity index (χ1) is 27.1. The molecular formula is C42H44ClF2N7O4. The average molecular weight is 784 g/mol. The maximum atomic E-state index is 14.1. The molecule has 9 rings (SSSR count). The maximum absolute atomic E-state index is 14.1. The van der Waals surface area contributed by atoms with Gasteiger partial charge in [0.15, 0.2) is 11.6 Å². The molecule has 0 unspecified atom stereocenters. The number of carbonyl (C=O) groups excluding carboxylic acids is 1. The van der Waals surface area contributed by atoms with Crippen molar-refractivity contribution in [1.82, 2.24) is 29.7 Å². The first kappa shape index (κ1) is 38.1. The van der Waals surface area contributed by atoms with Gasteiger partial charge in [0.2, 0.25) is 5.88 Å². The van der Waals surface area contributed by atoms with Crippen LogP contribution in [0.3, 0.4) is 0 Å². The summed E-state index contributed by atoms with van der Waals surface area (Å²) in [6, 6.07) is 17.6. The molecule has 11 nitrogen and oxygen atoms in total. The Labute approximate surface area is 329 Å². The number of pyridine rings is 2. The standard InChI is InChI=1S/C42H44ClF2N7O4/c1-24-29(6-5-9-32(24)47-38-36-34(48-39(50-38)37(44)45)18-25(19-46-36)20-51-17-14-28(53)22-51)30-7-4-8-31(35(30)43)33-11-10-26(40(49-33)55-2)21-52-23-42(41(54)56-3)15-12-27(52)13-16-42/h4-11,18-19,27-28,37,53H,12-17,20-23H2,1-3H3,(H,47,48,50)/t27?,28-,42?/m1/s1. The number of nitrogens with one attached hydrogen (secondary N) is 1. The molecule has 0 amide bonds. The number of hydrogen-bond acceptors (Lipinski definition) is 11. The smallest absolute Gasteiger partial charge is 0.313 e. The molecule has 4 fully saturated rings. The van der Waals surface area contributed by atoms with Crippen molar-refractivity contribution in [3.63, 3.8) is 0 Å². The monoisotopic (exact) mass is 783 g/mol. The Morgan fingerprint density at radius 2 is 1.79 bits per heavy atom. The molecule has 1 aliphatic carbocycles. The van der Waals surface area contributed by atoms with Gasteiger partial charge in [-0.15, -0.1) is 0 Å². The number of rotatable bonds is 11. The number of carbonyl (C=O) groups is 1. The minimum absolute atomic E-state index is 0.127. The topological polar surface area (TPSA) is 126 Å². The van der Waals surface area contributed by atoms with Crippen molar-refractivity contribution in [2.24, 2.45) is 5.41 Å². The van der Waals surface area contributed by atoms with E-state index in [9.17, 15) is 18.7 Å². The lowest BCUT2D eigenvalue weighted by molar-refractivity contribution is -0.163. The maximum Gasteiger partial charge on any atom is 0.313 e. The molecule has 5 aromatic rings. The molecule has 3 aromatic heterocycles. The van der Waals surface area contributed by atoms with Gasteiger partial charge in [-0.05, 0) is 73.9 Å². The molecule has 3 aliphatic heterocycles. The van der Waals surface area contributed by atoms with Gasteiger partial charge in [0.25, 0.3) is 6.43 Å². The van der Waals surface area contributed by atoms with Crippen LogP contribution in [0.25, 0.3) is 33.4 Å². The van der Waals surface area contributed by atoms with Gasteiger partial charge in [-0.1, -0.05) is 48.0 Å². The van der Waals surface area contributed by atoms with Gasteiger partial charge in [0, 0.05) is 67.3 Å². The molecule has 292 valence electrons. The van der Waals surface area contributed by atoms with Gasteiger partial charge >= 0.3 is 5.97 Å². The number of benzene rings is 2. The molecule has 2 bridgehead atoms. The van der Waals surface area contributed by atoms with E-state index < -0.39 is 17.7 Å². The van der Waals surface area contributed by atoms with E-state index >= 15 is 0 Å². The number of anilines is 2. The van der Waals surface area contributed by atoms with Crippen LogP contribution in [-0.2, 0) is 22.6 Å². The Kier molecular flexibility index (Phi) is 10.6. The van der Waals surface area contributed by atoms with Crippen LogP contribution in [0.15, 0.2) is 60.8 Å². The Hall–Kier alpha value is -4.82. The predicted octanol–water partition coefficient (Wildman–Crippen LogP) is 7.89. The van der Waals surface area contributed by atoms with E-state index in [0.717, 1.165) is 65.6 Å². The van der Waals surface area contributed by atoms with E-state index in [-0.39, 0.29) is 17.9 Å². The molecule has 1 atom stereocenters. The summed E-state index contributed by atoms with van der Waals surface area (Å²) in [6.07, 6.45) is 2.76. The summed E-state index contributed by atoms with van der Waals surface area (Å²) >= 11 is 7.19. The van der Waals surface area contributed by atoms with Crippen molar-refractivity contribution in [2.75, 3.05) is 39.2 Å². The Morgan fingerprint density at radius 1 is 1.02 bits per heavy atom. The fourth-order valence-electron chi connectivity index (χ4n) is 8.69. The lowest BCUT2D eigenvalue weighted by Crippen LogP contribution is -2.56. The molecule has 0 radical (unpaired) electrons. The van der Waals surface area contributed by atoms with Gasteiger partial charge in [-0.2, -0.15) is 0 Å². The van der Waals surface area contributed by atoms with E-state index in [0.29, 0.717) is 72.0 Å². The first-order valence-electron chi connectivity index (χ1n) is 18.9. The number of esters is 1. The largest absolute Gasteiger partial charge is 0.481 e. The predicted molar refractivity (Wildman–Crippen MR) is 210 cm³/mol. The second-order valence-electron chi connectivity index (χ2n) is 15.2. The van der Waals surface area contributed by atoms with Gasteiger partial charge in [-0.3, -0.25) is 19.6 Å². The van der Waals surface area contributed by atoms with Crippen LogP contribution < -0.4 is 10.1 Å². The molecule has 56 heavy (non-hydrogen) atoms. The summed E-state index contributed by atoms with van der Waals surface area (Å²) < 4.78 is 39.2. The average Bonchev–Trinajstić information content (AvgIpc) is 3.62. The van der Waals surface area contributed by atoms with E-state index in [4.69, 9.17) is 26.1 Å². The molecular weight excluding hydrogens is 740 g/mol. The van der Waals surface area contributed by atoms with Crippen molar-refractivity contribution < 1.29 is 28.2 Å². The molecule has 3 saturated heterocycles. The van der Waals surface area contributed by atoms with Crippen molar-refractivity contribution in [1.29, 1.82) is 0 Å². The molecule has 2 aromatic carbocycles. The van der Waals surface area contributed by atoms with E-state index in [1.165, 1.54) is 7.11 Å². The van der Waals surface area contributed by atoms with Crippen LogP contribution in [0.1, 0.15) is 61.0 Å². The normalized spacial score (nSPS) is 21.2. The fourth-order valence-corrected chi connectivity index (χ4v) is 9.02.